The molecule has 1 aliphatic heterocycles. The van der Waals surface area contributed by atoms with Crippen molar-refractivity contribution in [2.75, 3.05) is 11.9 Å². The summed E-state index contributed by atoms with van der Waals surface area (Å²) in [7, 11) is 0. The number of nitrogens with zero attached hydrogens (tertiary/aromatic N) is 1. The van der Waals surface area contributed by atoms with E-state index in [-0.39, 0.29) is 17.2 Å². The molecule has 0 aliphatic carbocycles. The predicted octanol–water partition coefficient (Wildman–Crippen LogP) is 7.98. The molecule has 1 aliphatic rings. The Morgan fingerprint density at radius 3 is 2.35 bits per heavy atom. The van der Waals surface area contributed by atoms with Crippen LogP contribution in [0.1, 0.15) is 58.9 Å². The molecule has 1 N–H and O–H groups in total. The van der Waals surface area contributed by atoms with Crippen molar-refractivity contribution in [2.24, 2.45) is 0 Å². The zero-order valence-corrected chi connectivity index (χ0v) is 19.4. The number of halogens is 2. The molecule has 0 amide bonds. The molecular weight excluding hydrogens is 390 g/mol. The number of allylic oxidation sites excluding steroid dienone is 7. The SMILES string of the molecule is C=C/C(C)=C\C(Nc1ccc(F)c([C@@H]2CC/C(=C(/C)C(=C)C)N(C=C)C2)c1F)=C(C)C. The molecule has 0 bridgehead atoms. The number of rotatable bonds is 7. The second-order valence-electron chi connectivity index (χ2n) is 8.38. The fourth-order valence-electron chi connectivity index (χ4n) is 3.74. The van der Waals surface area contributed by atoms with Gasteiger partial charge in [0.15, 0.2) is 5.82 Å². The van der Waals surface area contributed by atoms with Crippen molar-refractivity contribution in [1.82, 2.24) is 4.90 Å². The van der Waals surface area contributed by atoms with E-state index < -0.39 is 11.6 Å². The zero-order chi connectivity index (χ0) is 23.3. The van der Waals surface area contributed by atoms with Gasteiger partial charge in [-0.05, 0) is 83.0 Å². The van der Waals surface area contributed by atoms with Gasteiger partial charge >= 0.3 is 0 Å². The summed E-state index contributed by atoms with van der Waals surface area (Å²) >= 11 is 0. The Labute approximate surface area is 186 Å². The molecule has 166 valence electrons. The van der Waals surface area contributed by atoms with Crippen LogP contribution in [-0.4, -0.2) is 11.4 Å². The maximum Gasteiger partial charge on any atom is 0.153 e. The third-order valence-corrected chi connectivity index (χ3v) is 5.82. The Balaban J connectivity index is 2.43. The van der Waals surface area contributed by atoms with Crippen LogP contribution < -0.4 is 5.32 Å². The lowest BCUT2D eigenvalue weighted by Gasteiger charge is -2.36. The predicted molar refractivity (Wildman–Crippen MR) is 129 cm³/mol. The van der Waals surface area contributed by atoms with Crippen molar-refractivity contribution in [1.29, 1.82) is 0 Å². The van der Waals surface area contributed by atoms with Gasteiger partial charge in [0.05, 0.1) is 5.69 Å². The van der Waals surface area contributed by atoms with Crippen molar-refractivity contribution < 1.29 is 8.78 Å². The molecule has 1 aromatic rings. The first-order chi connectivity index (χ1) is 14.6. The third-order valence-electron chi connectivity index (χ3n) is 5.82. The van der Waals surface area contributed by atoms with Crippen LogP contribution in [-0.2, 0) is 0 Å². The molecule has 0 radical (unpaired) electrons. The Kier molecular flexibility index (Phi) is 8.21. The zero-order valence-electron chi connectivity index (χ0n) is 19.4. The van der Waals surface area contributed by atoms with Gasteiger partial charge in [-0.3, -0.25) is 0 Å². The van der Waals surface area contributed by atoms with E-state index in [2.05, 4.69) is 25.1 Å². The topological polar surface area (TPSA) is 15.3 Å². The number of hydrogen-bond acceptors (Lipinski definition) is 2. The summed E-state index contributed by atoms with van der Waals surface area (Å²) in [4.78, 5) is 1.99. The number of piperidine rings is 1. The van der Waals surface area contributed by atoms with Crippen LogP contribution in [0.2, 0.25) is 0 Å². The molecular formula is C27H34F2N2. The monoisotopic (exact) mass is 424 g/mol. The smallest absolute Gasteiger partial charge is 0.153 e. The van der Waals surface area contributed by atoms with E-state index in [4.69, 9.17) is 0 Å². The summed E-state index contributed by atoms with van der Waals surface area (Å²) in [6, 6.07) is 2.80. The summed E-state index contributed by atoms with van der Waals surface area (Å²) < 4.78 is 30.4. The van der Waals surface area contributed by atoms with E-state index >= 15 is 4.39 Å². The van der Waals surface area contributed by atoms with Crippen molar-refractivity contribution >= 4 is 5.69 Å². The highest BCUT2D eigenvalue weighted by atomic mass is 19.1. The van der Waals surface area contributed by atoms with Crippen LogP contribution in [0.25, 0.3) is 0 Å². The van der Waals surface area contributed by atoms with Crippen molar-refractivity contribution in [3.8, 4) is 0 Å². The van der Waals surface area contributed by atoms with Crippen molar-refractivity contribution in [3.05, 3.63) is 101 Å². The van der Waals surface area contributed by atoms with Crippen LogP contribution in [0.3, 0.4) is 0 Å². The standard InChI is InChI=1S/C27H34F2N2/c1-9-19(7)15-24(18(5)6)30-23-13-12-22(28)26(27(23)29)21-11-14-25(20(8)17(3)4)31(10-2)16-21/h9-10,12-13,15,21,30H,1-3,11,14,16H2,4-8H3/b19-15-,25-20+/t21-/m1/s1. The van der Waals surface area contributed by atoms with E-state index in [0.717, 1.165) is 33.7 Å². The van der Waals surface area contributed by atoms with Gasteiger partial charge in [0.25, 0.3) is 0 Å². The number of likely N-dealkylation sites (tertiary alicyclic amines) is 1. The Bertz CT molecular complexity index is 975. The van der Waals surface area contributed by atoms with Crippen LogP contribution in [0.5, 0.6) is 0 Å². The highest BCUT2D eigenvalue weighted by molar-refractivity contribution is 5.56. The molecule has 1 aromatic carbocycles. The number of hydrogen-bond donors (Lipinski definition) is 1. The summed E-state index contributed by atoms with van der Waals surface area (Å²) in [6.45, 7) is 22.0. The summed E-state index contributed by atoms with van der Waals surface area (Å²) in [5.41, 5.74) is 6.32. The summed E-state index contributed by atoms with van der Waals surface area (Å²) in [6.07, 6.45) is 6.75. The maximum atomic E-state index is 15.5. The molecule has 1 fully saturated rings. The van der Waals surface area contributed by atoms with Gasteiger partial charge in [0.2, 0.25) is 0 Å². The van der Waals surface area contributed by atoms with Crippen LogP contribution in [0.15, 0.2) is 83.9 Å². The van der Waals surface area contributed by atoms with Crippen LogP contribution >= 0.6 is 0 Å². The normalized spacial score (nSPS) is 18.4. The van der Waals surface area contributed by atoms with Gasteiger partial charge < -0.3 is 10.2 Å². The quantitative estimate of drug-likeness (QED) is 0.446. The van der Waals surface area contributed by atoms with Crippen LogP contribution in [0.4, 0.5) is 14.5 Å². The number of anilines is 1. The highest BCUT2D eigenvalue weighted by Crippen LogP contribution is 2.38. The van der Waals surface area contributed by atoms with Gasteiger partial charge in [-0.15, -0.1) is 0 Å². The third kappa shape index (κ3) is 5.63. The van der Waals surface area contributed by atoms with Crippen molar-refractivity contribution in [3.63, 3.8) is 0 Å². The van der Waals surface area contributed by atoms with Gasteiger partial charge in [-0.2, -0.15) is 0 Å². The van der Waals surface area contributed by atoms with E-state index in [1.165, 1.54) is 12.1 Å². The molecule has 2 rings (SSSR count). The molecule has 4 heteroatoms. The van der Waals surface area contributed by atoms with E-state index in [9.17, 15) is 4.39 Å². The Morgan fingerprint density at radius 1 is 1.13 bits per heavy atom. The van der Waals surface area contributed by atoms with Gasteiger partial charge in [0, 0.05) is 29.4 Å². The lowest BCUT2D eigenvalue weighted by atomic mass is 9.86. The molecule has 1 heterocycles. The second-order valence-corrected chi connectivity index (χ2v) is 8.38. The minimum Gasteiger partial charge on any atom is -0.353 e. The Morgan fingerprint density at radius 2 is 1.81 bits per heavy atom. The average Bonchev–Trinajstić information content (AvgIpc) is 2.73. The van der Waals surface area contributed by atoms with Gasteiger partial charge in [-0.25, -0.2) is 8.78 Å². The fourth-order valence-corrected chi connectivity index (χ4v) is 3.74. The molecule has 0 aromatic heterocycles. The second kappa shape index (κ2) is 10.4. The summed E-state index contributed by atoms with van der Waals surface area (Å²) in [5, 5.41) is 3.14. The average molecular weight is 425 g/mol. The fraction of sp³-hybridized carbons (Fsp3) is 0.333. The molecule has 0 saturated carbocycles. The molecule has 0 unspecified atom stereocenters. The minimum absolute atomic E-state index is 0.126. The Hall–Kier alpha value is -2.88. The van der Waals surface area contributed by atoms with Gasteiger partial charge in [0.1, 0.15) is 5.82 Å². The molecule has 31 heavy (non-hydrogen) atoms. The maximum absolute atomic E-state index is 15.5. The minimum atomic E-state index is -0.540. The first kappa shape index (κ1) is 24.4. The lowest BCUT2D eigenvalue weighted by molar-refractivity contribution is 0.328. The van der Waals surface area contributed by atoms with E-state index in [0.29, 0.717) is 19.4 Å². The molecule has 1 saturated heterocycles. The number of benzene rings is 1. The molecule has 2 nitrogen and oxygen atoms in total. The first-order valence-electron chi connectivity index (χ1n) is 10.6. The van der Waals surface area contributed by atoms with Crippen LogP contribution in [0, 0.1) is 11.6 Å². The summed E-state index contributed by atoms with van der Waals surface area (Å²) in [5.74, 6) is -1.33. The van der Waals surface area contributed by atoms with Crippen molar-refractivity contribution in [2.45, 2.75) is 53.4 Å². The lowest BCUT2D eigenvalue weighted by Crippen LogP contribution is -2.30. The molecule has 1 atom stereocenters. The van der Waals surface area contributed by atoms with E-state index in [1.54, 1.807) is 12.3 Å². The van der Waals surface area contributed by atoms with E-state index in [1.807, 2.05) is 45.6 Å². The largest absolute Gasteiger partial charge is 0.353 e. The first-order valence-corrected chi connectivity index (χ1v) is 10.6. The van der Waals surface area contributed by atoms with Gasteiger partial charge in [-0.1, -0.05) is 37.0 Å². The highest BCUT2D eigenvalue weighted by Gasteiger charge is 2.29. The molecule has 0 spiro atoms. The number of nitrogens with one attached hydrogen (secondary N) is 1.